The first-order valence-electron chi connectivity index (χ1n) is 6.55. The van der Waals surface area contributed by atoms with Crippen LogP contribution in [0.15, 0.2) is 18.2 Å². The highest BCUT2D eigenvalue weighted by atomic mass is 19.2. The molecule has 0 saturated heterocycles. The van der Waals surface area contributed by atoms with E-state index in [1.165, 1.54) is 12.1 Å². The highest BCUT2D eigenvalue weighted by Crippen LogP contribution is 2.22. The van der Waals surface area contributed by atoms with E-state index in [9.17, 15) is 13.6 Å². The van der Waals surface area contributed by atoms with Gasteiger partial charge in [-0.1, -0.05) is 12.5 Å². The van der Waals surface area contributed by atoms with E-state index in [4.69, 9.17) is 5.73 Å². The average molecular weight is 268 g/mol. The summed E-state index contributed by atoms with van der Waals surface area (Å²) < 4.78 is 26.4. The molecule has 19 heavy (non-hydrogen) atoms. The number of hydrogen-bond acceptors (Lipinski definition) is 2. The van der Waals surface area contributed by atoms with Gasteiger partial charge in [0, 0.05) is 12.6 Å². The third-order valence-electron chi connectivity index (χ3n) is 3.57. The van der Waals surface area contributed by atoms with Crippen molar-refractivity contribution in [3.05, 3.63) is 35.4 Å². The van der Waals surface area contributed by atoms with Gasteiger partial charge in [-0.15, -0.1) is 0 Å². The second-order valence-electron chi connectivity index (χ2n) is 5.10. The Balaban J connectivity index is 1.92. The first-order chi connectivity index (χ1) is 9.08. The van der Waals surface area contributed by atoms with Crippen molar-refractivity contribution in [2.24, 2.45) is 11.7 Å². The Bertz CT molecular complexity index is 465. The van der Waals surface area contributed by atoms with Gasteiger partial charge in [-0.05, 0) is 37.3 Å². The lowest BCUT2D eigenvalue weighted by Crippen LogP contribution is -2.35. The van der Waals surface area contributed by atoms with E-state index < -0.39 is 17.5 Å². The van der Waals surface area contributed by atoms with Crippen molar-refractivity contribution in [1.29, 1.82) is 0 Å². The van der Waals surface area contributed by atoms with Crippen molar-refractivity contribution >= 4 is 5.91 Å². The van der Waals surface area contributed by atoms with Gasteiger partial charge in [-0.3, -0.25) is 4.79 Å². The second kappa shape index (κ2) is 6.10. The number of halogens is 2. The minimum absolute atomic E-state index is 0.182. The van der Waals surface area contributed by atoms with Gasteiger partial charge < -0.3 is 11.1 Å². The Kier molecular flexibility index (Phi) is 4.47. The van der Waals surface area contributed by atoms with Gasteiger partial charge in [0.15, 0.2) is 11.6 Å². The summed E-state index contributed by atoms with van der Waals surface area (Å²) in [5.41, 5.74) is 5.61. The molecule has 0 aliphatic heterocycles. The Hall–Kier alpha value is -1.49. The summed E-state index contributed by atoms with van der Waals surface area (Å²) in [4.78, 5) is 11.8. The SMILES string of the molecule is NC1CCCC(CNC(=O)c2cccc(F)c2F)C1. The normalized spacial score (nSPS) is 23.1. The molecule has 0 aromatic heterocycles. The maximum atomic E-state index is 13.4. The van der Waals surface area contributed by atoms with Gasteiger partial charge in [0.25, 0.3) is 5.91 Å². The van der Waals surface area contributed by atoms with E-state index in [-0.39, 0.29) is 11.6 Å². The lowest BCUT2D eigenvalue weighted by molar-refractivity contribution is 0.0937. The van der Waals surface area contributed by atoms with Gasteiger partial charge in [-0.2, -0.15) is 0 Å². The number of benzene rings is 1. The molecule has 2 rings (SSSR count). The molecule has 2 unspecified atom stereocenters. The molecule has 1 aliphatic rings. The highest BCUT2D eigenvalue weighted by Gasteiger charge is 2.21. The fourth-order valence-electron chi connectivity index (χ4n) is 2.53. The lowest BCUT2D eigenvalue weighted by atomic mass is 9.86. The van der Waals surface area contributed by atoms with Crippen molar-refractivity contribution < 1.29 is 13.6 Å². The van der Waals surface area contributed by atoms with Crippen LogP contribution < -0.4 is 11.1 Å². The predicted molar refractivity (Wildman–Crippen MR) is 68.6 cm³/mol. The Morgan fingerprint density at radius 3 is 2.89 bits per heavy atom. The quantitative estimate of drug-likeness (QED) is 0.883. The molecule has 1 aromatic rings. The van der Waals surface area contributed by atoms with Crippen LogP contribution in [0.5, 0.6) is 0 Å². The third-order valence-corrected chi connectivity index (χ3v) is 3.57. The fraction of sp³-hybridized carbons (Fsp3) is 0.500. The number of rotatable bonds is 3. The van der Waals surface area contributed by atoms with Crippen LogP contribution in [0.3, 0.4) is 0 Å². The number of amides is 1. The molecule has 1 fully saturated rings. The van der Waals surface area contributed by atoms with Gasteiger partial charge >= 0.3 is 0 Å². The molecule has 0 spiro atoms. The summed E-state index contributed by atoms with van der Waals surface area (Å²) >= 11 is 0. The molecule has 3 N–H and O–H groups in total. The van der Waals surface area contributed by atoms with E-state index >= 15 is 0 Å². The summed E-state index contributed by atoms with van der Waals surface area (Å²) in [5.74, 6) is -2.35. The molecule has 0 bridgehead atoms. The molecule has 1 aromatic carbocycles. The zero-order valence-electron chi connectivity index (χ0n) is 10.7. The Morgan fingerprint density at radius 2 is 2.16 bits per heavy atom. The zero-order chi connectivity index (χ0) is 13.8. The standard InChI is InChI=1S/C14H18F2N2O/c15-12-6-2-5-11(13(12)16)14(19)18-8-9-3-1-4-10(17)7-9/h2,5-6,9-10H,1,3-4,7-8,17H2,(H,18,19). The number of carbonyl (C=O) groups excluding carboxylic acids is 1. The summed E-state index contributed by atoms with van der Waals surface area (Å²) in [6.07, 6.45) is 3.95. The van der Waals surface area contributed by atoms with E-state index in [0.717, 1.165) is 31.7 Å². The van der Waals surface area contributed by atoms with Crippen LogP contribution >= 0.6 is 0 Å². The van der Waals surface area contributed by atoms with Gasteiger partial charge in [0.05, 0.1) is 5.56 Å². The summed E-state index contributed by atoms with van der Waals surface area (Å²) in [5, 5.41) is 2.66. The van der Waals surface area contributed by atoms with Crippen LogP contribution in [0.25, 0.3) is 0 Å². The zero-order valence-corrected chi connectivity index (χ0v) is 10.7. The first-order valence-corrected chi connectivity index (χ1v) is 6.55. The number of hydrogen-bond donors (Lipinski definition) is 2. The number of carbonyl (C=O) groups is 1. The number of nitrogens with one attached hydrogen (secondary N) is 1. The van der Waals surface area contributed by atoms with Crippen molar-refractivity contribution in [2.45, 2.75) is 31.7 Å². The molecule has 3 nitrogen and oxygen atoms in total. The van der Waals surface area contributed by atoms with E-state index in [1.54, 1.807) is 0 Å². The minimum atomic E-state index is -1.10. The molecule has 104 valence electrons. The molecule has 0 radical (unpaired) electrons. The van der Waals surface area contributed by atoms with Crippen molar-refractivity contribution in [1.82, 2.24) is 5.32 Å². The third kappa shape index (κ3) is 3.50. The van der Waals surface area contributed by atoms with E-state index in [1.807, 2.05) is 0 Å². The molecule has 1 aliphatic carbocycles. The number of nitrogens with two attached hydrogens (primary N) is 1. The molecule has 5 heteroatoms. The molecule has 1 amide bonds. The highest BCUT2D eigenvalue weighted by molar-refractivity contribution is 5.94. The van der Waals surface area contributed by atoms with Crippen molar-refractivity contribution in [2.75, 3.05) is 6.54 Å². The van der Waals surface area contributed by atoms with Crippen LogP contribution in [-0.4, -0.2) is 18.5 Å². The second-order valence-corrected chi connectivity index (χ2v) is 5.10. The minimum Gasteiger partial charge on any atom is -0.352 e. The summed E-state index contributed by atoms with van der Waals surface area (Å²) in [7, 11) is 0. The van der Waals surface area contributed by atoms with Crippen LogP contribution in [0.2, 0.25) is 0 Å². The monoisotopic (exact) mass is 268 g/mol. The van der Waals surface area contributed by atoms with E-state index in [2.05, 4.69) is 5.32 Å². The predicted octanol–water partition coefficient (Wildman–Crippen LogP) is 2.21. The average Bonchev–Trinajstić information content (AvgIpc) is 2.39. The summed E-state index contributed by atoms with van der Waals surface area (Å²) in [6.45, 7) is 0.461. The molecule has 0 heterocycles. The van der Waals surface area contributed by atoms with E-state index in [0.29, 0.717) is 12.5 Å². The topological polar surface area (TPSA) is 55.1 Å². The van der Waals surface area contributed by atoms with Crippen LogP contribution in [0, 0.1) is 17.6 Å². The molecular formula is C14H18F2N2O. The largest absolute Gasteiger partial charge is 0.352 e. The van der Waals surface area contributed by atoms with Crippen molar-refractivity contribution in [3.8, 4) is 0 Å². The Morgan fingerprint density at radius 1 is 1.37 bits per heavy atom. The van der Waals surface area contributed by atoms with Gasteiger partial charge in [-0.25, -0.2) is 8.78 Å². The fourth-order valence-corrected chi connectivity index (χ4v) is 2.53. The van der Waals surface area contributed by atoms with Crippen molar-refractivity contribution in [3.63, 3.8) is 0 Å². The van der Waals surface area contributed by atoms with Gasteiger partial charge in [0.1, 0.15) is 0 Å². The first kappa shape index (κ1) is 13.9. The molecule has 1 saturated carbocycles. The van der Waals surface area contributed by atoms with Gasteiger partial charge in [0.2, 0.25) is 0 Å². The van der Waals surface area contributed by atoms with Crippen LogP contribution in [0.4, 0.5) is 8.78 Å². The lowest BCUT2D eigenvalue weighted by Gasteiger charge is -2.26. The molecular weight excluding hydrogens is 250 g/mol. The smallest absolute Gasteiger partial charge is 0.254 e. The summed E-state index contributed by atoms with van der Waals surface area (Å²) in [6, 6.07) is 3.78. The Labute approximate surface area is 111 Å². The molecule has 2 atom stereocenters. The van der Waals surface area contributed by atoms with Crippen LogP contribution in [0.1, 0.15) is 36.0 Å². The van der Waals surface area contributed by atoms with Crippen LogP contribution in [-0.2, 0) is 0 Å². The maximum Gasteiger partial charge on any atom is 0.254 e. The maximum absolute atomic E-state index is 13.4.